The van der Waals surface area contributed by atoms with Crippen LogP contribution in [-0.4, -0.2) is 44.9 Å². The fraction of sp³-hybridized carbons (Fsp3) is 0.429. The van der Waals surface area contributed by atoms with Crippen molar-refractivity contribution >= 4 is 11.9 Å². The summed E-state index contributed by atoms with van der Waals surface area (Å²) in [4.78, 5) is 33.9. The van der Waals surface area contributed by atoms with Crippen LogP contribution in [0.3, 0.4) is 0 Å². The molecule has 6 nitrogen and oxygen atoms in total. The fourth-order valence-electron chi connectivity index (χ4n) is 3.40. The molecule has 3 rings (SSSR count). The molecule has 1 atom stereocenters. The Bertz CT molecular complexity index is 840. The molecule has 1 aliphatic heterocycles. The van der Waals surface area contributed by atoms with Crippen molar-refractivity contribution in [1.82, 2.24) is 14.9 Å². The molecule has 142 valence electrons. The van der Waals surface area contributed by atoms with Crippen LogP contribution < -0.4 is 0 Å². The van der Waals surface area contributed by atoms with Gasteiger partial charge in [0.15, 0.2) is 0 Å². The molecule has 1 fully saturated rings. The van der Waals surface area contributed by atoms with Gasteiger partial charge in [-0.3, -0.25) is 14.8 Å². The monoisotopic (exact) mass is 367 g/mol. The van der Waals surface area contributed by atoms with E-state index in [0.29, 0.717) is 17.2 Å². The van der Waals surface area contributed by atoms with Gasteiger partial charge in [0.1, 0.15) is 0 Å². The number of amides is 1. The van der Waals surface area contributed by atoms with Crippen LogP contribution in [0.5, 0.6) is 0 Å². The van der Waals surface area contributed by atoms with Crippen LogP contribution in [-0.2, 0) is 11.2 Å². The number of hydrogen-bond donors (Lipinski definition) is 1. The van der Waals surface area contributed by atoms with E-state index in [1.165, 1.54) is 6.20 Å². The third-order valence-corrected chi connectivity index (χ3v) is 4.84. The summed E-state index contributed by atoms with van der Waals surface area (Å²) in [6.45, 7) is 7.49. The maximum Gasteiger partial charge on any atom is 0.337 e. The van der Waals surface area contributed by atoms with Crippen LogP contribution in [0, 0.1) is 11.3 Å². The summed E-state index contributed by atoms with van der Waals surface area (Å²) < 4.78 is 0. The van der Waals surface area contributed by atoms with E-state index in [-0.39, 0.29) is 16.9 Å². The molecule has 0 aliphatic carbocycles. The quantitative estimate of drug-likeness (QED) is 0.897. The lowest BCUT2D eigenvalue weighted by molar-refractivity contribution is -0.138. The number of carbonyl (C=O) groups excluding carboxylic acids is 1. The lowest BCUT2D eigenvalue weighted by Crippen LogP contribution is -2.38. The number of hydrogen-bond acceptors (Lipinski definition) is 4. The molecule has 1 amide bonds. The number of carboxylic acid groups (broad SMARTS) is 1. The predicted octanol–water partition coefficient (Wildman–Crippen LogP) is 3.28. The van der Waals surface area contributed by atoms with Crippen LogP contribution >= 0.6 is 0 Å². The number of aromatic carboxylic acids is 1. The molecule has 0 spiro atoms. The van der Waals surface area contributed by atoms with Gasteiger partial charge in [-0.15, -0.1) is 0 Å². The van der Waals surface area contributed by atoms with Crippen molar-refractivity contribution in [1.29, 1.82) is 0 Å². The van der Waals surface area contributed by atoms with Crippen molar-refractivity contribution < 1.29 is 14.7 Å². The van der Waals surface area contributed by atoms with E-state index in [9.17, 15) is 9.59 Å². The molecule has 0 aromatic carbocycles. The van der Waals surface area contributed by atoms with Crippen molar-refractivity contribution in [2.24, 2.45) is 11.3 Å². The number of pyridine rings is 2. The van der Waals surface area contributed by atoms with Gasteiger partial charge in [0.05, 0.1) is 11.3 Å². The maximum atomic E-state index is 12.4. The second-order valence-electron chi connectivity index (χ2n) is 8.18. The lowest BCUT2D eigenvalue weighted by Gasteiger charge is -2.25. The molecule has 6 heteroatoms. The molecule has 3 heterocycles. The highest BCUT2D eigenvalue weighted by molar-refractivity contribution is 5.88. The van der Waals surface area contributed by atoms with Crippen molar-refractivity contribution in [3.05, 3.63) is 47.9 Å². The zero-order chi connectivity index (χ0) is 19.6. The average Bonchev–Trinajstić information content (AvgIpc) is 3.09. The molecule has 1 N–H and O–H groups in total. The molecule has 1 saturated heterocycles. The van der Waals surface area contributed by atoms with Gasteiger partial charge >= 0.3 is 5.97 Å². The summed E-state index contributed by atoms with van der Waals surface area (Å²) in [5.41, 5.74) is 2.31. The maximum absolute atomic E-state index is 12.4. The Balaban J connectivity index is 1.64. The molecular formula is C21H25N3O3. The lowest BCUT2D eigenvalue weighted by atomic mass is 9.95. The minimum absolute atomic E-state index is 0.146. The molecule has 0 saturated carbocycles. The van der Waals surface area contributed by atoms with E-state index >= 15 is 0 Å². The van der Waals surface area contributed by atoms with E-state index in [1.807, 2.05) is 44.0 Å². The van der Waals surface area contributed by atoms with Gasteiger partial charge in [-0.05, 0) is 36.5 Å². The van der Waals surface area contributed by atoms with Crippen molar-refractivity contribution in [3.63, 3.8) is 0 Å². The second kappa shape index (κ2) is 7.47. The Hall–Kier alpha value is -2.76. The van der Waals surface area contributed by atoms with Gasteiger partial charge in [-0.1, -0.05) is 26.8 Å². The minimum Gasteiger partial charge on any atom is -0.478 e. The summed E-state index contributed by atoms with van der Waals surface area (Å²) >= 11 is 0. The fourth-order valence-corrected chi connectivity index (χ4v) is 3.40. The van der Waals surface area contributed by atoms with Crippen LogP contribution in [0.2, 0.25) is 0 Å². The van der Waals surface area contributed by atoms with E-state index in [4.69, 9.17) is 5.11 Å². The highest BCUT2D eigenvalue weighted by Gasteiger charge is 2.32. The van der Waals surface area contributed by atoms with E-state index in [1.54, 1.807) is 12.3 Å². The van der Waals surface area contributed by atoms with Gasteiger partial charge in [-0.2, -0.15) is 0 Å². The third kappa shape index (κ3) is 4.51. The molecule has 0 radical (unpaired) electrons. The van der Waals surface area contributed by atoms with Crippen molar-refractivity contribution in [2.75, 3.05) is 13.1 Å². The summed E-state index contributed by atoms with van der Waals surface area (Å²) in [6.07, 6.45) is 6.66. The van der Waals surface area contributed by atoms with Crippen LogP contribution in [0.25, 0.3) is 11.3 Å². The predicted molar refractivity (Wildman–Crippen MR) is 102 cm³/mol. The van der Waals surface area contributed by atoms with Gasteiger partial charge in [0.2, 0.25) is 5.91 Å². The third-order valence-electron chi connectivity index (χ3n) is 4.84. The molecule has 2 aromatic heterocycles. The summed E-state index contributed by atoms with van der Waals surface area (Å²) in [5, 5.41) is 9.08. The number of aromatic nitrogens is 2. The first-order valence-electron chi connectivity index (χ1n) is 9.17. The Kier molecular flexibility index (Phi) is 5.26. The van der Waals surface area contributed by atoms with E-state index < -0.39 is 5.97 Å². The Labute approximate surface area is 159 Å². The number of likely N-dealkylation sites (tertiary alicyclic amines) is 1. The first-order valence-corrected chi connectivity index (χ1v) is 9.17. The summed E-state index contributed by atoms with van der Waals surface area (Å²) in [5.74, 6) is -0.346. The number of carboxylic acids is 1. The Morgan fingerprint density at radius 1 is 1.22 bits per heavy atom. The molecule has 27 heavy (non-hydrogen) atoms. The molecule has 1 aliphatic rings. The Morgan fingerprint density at radius 2 is 2.00 bits per heavy atom. The molecule has 0 unspecified atom stereocenters. The summed E-state index contributed by atoms with van der Waals surface area (Å²) in [7, 11) is 0. The molecule has 0 bridgehead atoms. The van der Waals surface area contributed by atoms with Gasteiger partial charge in [-0.25, -0.2) is 4.79 Å². The topological polar surface area (TPSA) is 83.4 Å². The average molecular weight is 367 g/mol. The van der Waals surface area contributed by atoms with E-state index in [2.05, 4.69) is 9.97 Å². The number of rotatable bonds is 4. The summed E-state index contributed by atoms with van der Waals surface area (Å²) in [6, 6.07) is 5.49. The van der Waals surface area contributed by atoms with Crippen LogP contribution in [0.15, 0.2) is 36.8 Å². The molecule has 2 aromatic rings. The van der Waals surface area contributed by atoms with Gasteiger partial charge in [0, 0.05) is 42.7 Å². The van der Waals surface area contributed by atoms with Gasteiger partial charge < -0.3 is 10.0 Å². The highest BCUT2D eigenvalue weighted by Crippen LogP contribution is 2.26. The Morgan fingerprint density at radius 3 is 2.63 bits per heavy atom. The molecular weight excluding hydrogens is 342 g/mol. The van der Waals surface area contributed by atoms with E-state index in [0.717, 1.165) is 31.5 Å². The SMILES string of the molecule is CC(C)(C)C(=O)N1CC[C@@H](Cc2ccc(-c3cncc(C(=O)O)c3)nc2)C1. The smallest absolute Gasteiger partial charge is 0.337 e. The standard InChI is InChI=1S/C21H25N3O3/c1-21(2,3)20(27)24-7-6-15(13-24)8-14-4-5-18(23-10-14)16-9-17(19(25)26)12-22-11-16/h4-5,9-12,15H,6-8,13H2,1-3H3,(H,25,26)/t15-/m0/s1. The second-order valence-corrected chi connectivity index (χ2v) is 8.18. The largest absolute Gasteiger partial charge is 0.478 e. The van der Waals surface area contributed by atoms with Crippen LogP contribution in [0.1, 0.15) is 43.1 Å². The van der Waals surface area contributed by atoms with Crippen molar-refractivity contribution in [2.45, 2.75) is 33.6 Å². The zero-order valence-corrected chi connectivity index (χ0v) is 16.0. The first-order chi connectivity index (χ1) is 12.7. The highest BCUT2D eigenvalue weighted by atomic mass is 16.4. The van der Waals surface area contributed by atoms with Crippen molar-refractivity contribution in [3.8, 4) is 11.3 Å². The normalized spacial score (nSPS) is 17.1. The minimum atomic E-state index is -1.00. The zero-order valence-electron chi connectivity index (χ0n) is 16.0. The first kappa shape index (κ1) is 19.0. The number of nitrogens with zero attached hydrogens (tertiary/aromatic N) is 3. The van der Waals surface area contributed by atoms with Gasteiger partial charge in [0.25, 0.3) is 0 Å². The number of carbonyl (C=O) groups is 2. The van der Waals surface area contributed by atoms with Crippen LogP contribution in [0.4, 0.5) is 0 Å².